The molecule has 0 amide bonds. The van der Waals surface area contributed by atoms with Crippen LogP contribution >= 0.6 is 0 Å². The number of carbonyl (C=O) groups is 1. The van der Waals surface area contributed by atoms with Crippen molar-refractivity contribution in [2.75, 3.05) is 0 Å². The number of aromatic nitrogens is 2. The Morgan fingerprint density at radius 1 is 1.14 bits per heavy atom. The van der Waals surface area contributed by atoms with Crippen molar-refractivity contribution < 1.29 is 18.4 Å². The molecule has 0 bridgehead atoms. The van der Waals surface area contributed by atoms with Crippen molar-refractivity contribution in [2.24, 2.45) is 0 Å². The fraction of sp³-hybridized carbons (Fsp3) is 0.0625. The molecule has 0 saturated carbocycles. The minimum Gasteiger partial charge on any atom is -0.465 e. The molecule has 0 unspecified atom stereocenters. The predicted octanol–water partition coefficient (Wildman–Crippen LogP) is 3.09. The van der Waals surface area contributed by atoms with Crippen LogP contribution in [-0.4, -0.2) is 16.2 Å². The van der Waals surface area contributed by atoms with E-state index in [1.807, 2.05) is 30.3 Å². The molecule has 0 atom stereocenters. The Kier molecular flexibility index (Phi) is 4.10. The van der Waals surface area contributed by atoms with E-state index in [-0.39, 0.29) is 12.5 Å². The molecule has 6 heteroatoms. The van der Waals surface area contributed by atoms with Gasteiger partial charge in [-0.2, -0.15) is 0 Å². The Balaban J connectivity index is 1.56. The highest BCUT2D eigenvalue weighted by Gasteiger charge is 2.09. The lowest BCUT2D eigenvalue weighted by Crippen LogP contribution is -2.00. The maximum absolute atomic E-state index is 11.5. The second kappa shape index (κ2) is 6.53. The molecule has 3 aromatic rings. The van der Waals surface area contributed by atoms with Gasteiger partial charge in [-0.3, -0.25) is 0 Å². The zero-order valence-corrected chi connectivity index (χ0v) is 11.5. The number of hydrogen-bond acceptors (Lipinski definition) is 6. The third-order valence-corrected chi connectivity index (χ3v) is 2.75. The molecule has 1 aromatic carbocycles. The quantitative estimate of drug-likeness (QED) is 0.532. The summed E-state index contributed by atoms with van der Waals surface area (Å²) in [5.41, 5.74) is 0.810. The van der Waals surface area contributed by atoms with Crippen molar-refractivity contribution in [3.05, 3.63) is 66.5 Å². The first-order valence-electron chi connectivity index (χ1n) is 6.57. The van der Waals surface area contributed by atoms with Crippen LogP contribution in [0.1, 0.15) is 11.7 Å². The number of esters is 1. The summed E-state index contributed by atoms with van der Waals surface area (Å²) in [7, 11) is 0. The van der Waals surface area contributed by atoms with Crippen LogP contribution in [0.25, 0.3) is 17.5 Å². The molecule has 0 N–H and O–H groups in total. The number of hydrogen-bond donors (Lipinski definition) is 0. The summed E-state index contributed by atoms with van der Waals surface area (Å²) in [6.45, 7) is -0.0822. The monoisotopic (exact) mass is 296 g/mol. The van der Waals surface area contributed by atoms with Gasteiger partial charge in [0.05, 0.1) is 6.26 Å². The van der Waals surface area contributed by atoms with Crippen molar-refractivity contribution in [2.45, 2.75) is 6.61 Å². The van der Waals surface area contributed by atoms with Gasteiger partial charge in [0.25, 0.3) is 5.89 Å². The molecule has 2 aromatic heterocycles. The molecule has 0 spiro atoms. The van der Waals surface area contributed by atoms with Crippen LogP contribution in [0.5, 0.6) is 0 Å². The lowest BCUT2D eigenvalue weighted by atomic mass is 10.2. The van der Waals surface area contributed by atoms with Gasteiger partial charge in [-0.1, -0.05) is 18.2 Å². The smallest absolute Gasteiger partial charge is 0.331 e. The second-order valence-electron chi connectivity index (χ2n) is 4.32. The molecule has 3 rings (SSSR count). The van der Waals surface area contributed by atoms with Gasteiger partial charge in [0.1, 0.15) is 5.76 Å². The second-order valence-corrected chi connectivity index (χ2v) is 4.32. The summed E-state index contributed by atoms with van der Waals surface area (Å²) in [5, 5.41) is 7.75. The third-order valence-electron chi connectivity index (χ3n) is 2.75. The van der Waals surface area contributed by atoms with E-state index in [1.165, 1.54) is 18.4 Å². The summed E-state index contributed by atoms with van der Waals surface area (Å²) in [4.78, 5) is 11.5. The number of rotatable bonds is 5. The minimum atomic E-state index is -0.518. The van der Waals surface area contributed by atoms with Gasteiger partial charge >= 0.3 is 5.97 Å². The van der Waals surface area contributed by atoms with E-state index in [4.69, 9.17) is 13.6 Å². The Bertz CT molecular complexity index is 761. The van der Waals surface area contributed by atoms with E-state index < -0.39 is 5.97 Å². The fourth-order valence-corrected chi connectivity index (χ4v) is 1.73. The molecule has 22 heavy (non-hydrogen) atoms. The summed E-state index contributed by atoms with van der Waals surface area (Å²) < 4.78 is 15.5. The van der Waals surface area contributed by atoms with Crippen molar-refractivity contribution >= 4 is 12.0 Å². The van der Waals surface area contributed by atoms with Crippen LogP contribution in [0.15, 0.2) is 63.6 Å². The highest BCUT2D eigenvalue weighted by molar-refractivity contribution is 5.86. The molecule has 110 valence electrons. The largest absolute Gasteiger partial charge is 0.465 e. The fourth-order valence-electron chi connectivity index (χ4n) is 1.73. The first-order valence-corrected chi connectivity index (χ1v) is 6.57. The maximum atomic E-state index is 11.5. The number of benzene rings is 1. The number of carbonyl (C=O) groups excluding carboxylic acids is 1. The number of furan rings is 1. The molecule has 0 fully saturated rings. The zero-order valence-electron chi connectivity index (χ0n) is 11.5. The Morgan fingerprint density at radius 3 is 2.77 bits per heavy atom. The van der Waals surface area contributed by atoms with Crippen LogP contribution in [0.3, 0.4) is 0 Å². The van der Waals surface area contributed by atoms with Gasteiger partial charge in [-0.25, -0.2) is 4.79 Å². The molecule has 2 heterocycles. The molecule has 6 nitrogen and oxygen atoms in total. The van der Waals surface area contributed by atoms with E-state index in [9.17, 15) is 4.79 Å². The SMILES string of the molecule is O=C(/C=C/c1ccco1)OCc1nnc(-c2ccccc2)o1. The Labute approximate surface area is 126 Å². The summed E-state index contributed by atoms with van der Waals surface area (Å²) in [5.74, 6) is 0.674. The Hall–Kier alpha value is -3.15. The van der Waals surface area contributed by atoms with Gasteiger partial charge in [0.2, 0.25) is 5.89 Å². The molecular weight excluding hydrogens is 284 g/mol. The van der Waals surface area contributed by atoms with Crippen molar-refractivity contribution in [1.29, 1.82) is 0 Å². The first-order chi connectivity index (χ1) is 10.8. The Morgan fingerprint density at radius 2 is 2.00 bits per heavy atom. The van der Waals surface area contributed by atoms with Gasteiger partial charge in [-0.15, -0.1) is 10.2 Å². The van der Waals surface area contributed by atoms with Gasteiger partial charge in [0.15, 0.2) is 6.61 Å². The van der Waals surface area contributed by atoms with Crippen LogP contribution < -0.4 is 0 Å². The van der Waals surface area contributed by atoms with E-state index in [1.54, 1.807) is 12.1 Å². The summed E-state index contributed by atoms with van der Waals surface area (Å²) in [6.07, 6.45) is 4.31. The lowest BCUT2D eigenvalue weighted by Gasteiger charge is -1.96. The summed E-state index contributed by atoms with van der Waals surface area (Å²) >= 11 is 0. The molecular formula is C16H12N2O4. The molecule has 0 saturated heterocycles. The van der Waals surface area contributed by atoms with E-state index in [2.05, 4.69) is 10.2 Å². The zero-order chi connectivity index (χ0) is 15.2. The highest BCUT2D eigenvalue weighted by Crippen LogP contribution is 2.17. The molecule has 0 radical (unpaired) electrons. The maximum Gasteiger partial charge on any atom is 0.331 e. The van der Waals surface area contributed by atoms with Crippen LogP contribution in [0, 0.1) is 0 Å². The van der Waals surface area contributed by atoms with Gasteiger partial charge < -0.3 is 13.6 Å². The van der Waals surface area contributed by atoms with Crippen LogP contribution in [0.2, 0.25) is 0 Å². The van der Waals surface area contributed by atoms with E-state index in [0.717, 1.165) is 5.56 Å². The lowest BCUT2D eigenvalue weighted by molar-refractivity contribution is -0.139. The number of nitrogens with zero attached hydrogens (tertiary/aromatic N) is 2. The molecule has 0 aliphatic rings. The standard InChI is InChI=1S/C16H12N2O4/c19-15(9-8-13-7-4-10-20-13)21-11-14-17-18-16(22-14)12-5-2-1-3-6-12/h1-10H,11H2/b9-8+. The first kappa shape index (κ1) is 13.8. The average Bonchev–Trinajstić information content (AvgIpc) is 3.23. The predicted molar refractivity (Wildman–Crippen MR) is 77.3 cm³/mol. The summed E-state index contributed by atoms with van der Waals surface area (Å²) in [6, 6.07) is 12.8. The topological polar surface area (TPSA) is 78.4 Å². The molecule has 0 aliphatic heterocycles. The van der Waals surface area contributed by atoms with Gasteiger partial charge in [-0.05, 0) is 30.3 Å². The van der Waals surface area contributed by atoms with E-state index >= 15 is 0 Å². The van der Waals surface area contributed by atoms with Gasteiger partial charge in [0, 0.05) is 11.6 Å². The van der Waals surface area contributed by atoms with Crippen LogP contribution in [0.4, 0.5) is 0 Å². The highest BCUT2D eigenvalue weighted by atomic mass is 16.5. The normalized spacial score (nSPS) is 10.9. The van der Waals surface area contributed by atoms with Crippen molar-refractivity contribution in [3.63, 3.8) is 0 Å². The van der Waals surface area contributed by atoms with Crippen LogP contribution in [-0.2, 0) is 16.1 Å². The minimum absolute atomic E-state index is 0.0822. The number of ether oxygens (including phenoxy) is 1. The van der Waals surface area contributed by atoms with Crippen molar-refractivity contribution in [3.8, 4) is 11.5 Å². The molecule has 0 aliphatic carbocycles. The van der Waals surface area contributed by atoms with Crippen molar-refractivity contribution in [1.82, 2.24) is 10.2 Å². The average molecular weight is 296 g/mol. The third kappa shape index (κ3) is 3.49. The van der Waals surface area contributed by atoms with E-state index in [0.29, 0.717) is 11.7 Å².